The van der Waals surface area contributed by atoms with E-state index >= 15 is 0 Å². The SMILES string of the molecule is CCCCCCC#CCS(=O)(=O)CCNC(=O)CCNC(=O)[C@H](O)C(C)(C)CO. The molecule has 0 aromatic carbocycles. The van der Waals surface area contributed by atoms with E-state index in [1.165, 1.54) is 0 Å². The van der Waals surface area contributed by atoms with Crippen molar-refractivity contribution in [2.45, 2.75) is 65.4 Å². The van der Waals surface area contributed by atoms with E-state index in [4.69, 9.17) is 5.11 Å². The molecule has 1 atom stereocenters. The fraction of sp³-hybridized carbons (Fsp3) is 0.800. The lowest BCUT2D eigenvalue weighted by atomic mass is 9.87. The first-order valence-electron chi connectivity index (χ1n) is 10.0. The fourth-order valence-corrected chi connectivity index (χ4v) is 3.11. The zero-order valence-electron chi connectivity index (χ0n) is 17.8. The molecule has 0 spiro atoms. The summed E-state index contributed by atoms with van der Waals surface area (Å²) in [6.45, 7) is 4.83. The Morgan fingerprint density at radius 3 is 2.38 bits per heavy atom. The van der Waals surface area contributed by atoms with Crippen LogP contribution in [0.4, 0.5) is 0 Å². The van der Waals surface area contributed by atoms with Gasteiger partial charge in [0, 0.05) is 31.3 Å². The van der Waals surface area contributed by atoms with E-state index in [1.807, 2.05) is 0 Å². The van der Waals surface area contributed by atoms with Crippen molar-refractivity contribution in [3.8, 4) is 11.8 Å². The van der Waals surface area contributed by atoms with Gasteiger partial charge in [-0.15, -0.1) is 5.92 Å². The number of amides is 2. The molecule has 0 heterocycles. The van der Waals surface area contributed by atoms with Crippen LogP contribution in [0.2, 0.25) is 0 Å². The number of hydrogen-bond acceptors (Lipinski definition) is 6. The van der Waals surface area contributed by atoms with Crippen molar-refractivity contribution in [2.24, 2.45) is 5.41 Å². The zero-order chi connectivity index (χ0) is 22.3. The normalized spacial score (nSPS) is 12.6. The van der Waals surface area contributed by atoms with Gasteiger partial charge >= 0.3 is 0 Å². The maximum absolute atomic E-state index is 11.9. The van der Waals surface area contributed by atoms with Gasteiger partial charge in [-0.1, -0.05) is 46.0 Å². The first kappa shape index (κ1) is 27.4. The molecule has 0 radical (unpaired) electrons. The van der Waals surface area contributed by atoms with Crippen LogP contribution in [0.3, 0.4) is 0 Å². The summed E-state index contributed by atoms with van der Waals surface area (Å²) >= 11 is 0. The van der Waals surface area contributed by atoms with Crippen molar-refractivity contribution in [3.63, 3.8) is 0 Å². The van der Waals surface area contributed by atoms with Gasteiger partial charge in [-0.3, -0.25) is 9.59 Å². The molecule has 0 saturated heterocycles. The number of sulfone groups is 1. The smallest absolute Gasteiger partial charge is 0.249 e. The molecule has 0 saturated carbocycles. The maximum atomic E-state index is 11.9. The summed E-state index contributed by atoms with van der Waals surface area (Å²) in [5.41, 5.74) is -0.987. The molecule has 168 valence electrons. The lowest BCUT2D eigenvalue weighted by molar-refractivity contribution is -0.137. The minimum absolute atomic E-state index is 0.000504. The average molecular weight is 433 g/mol. The van der Waals surface area contributed by atoms with Gasteiger partial charge in [0.1, 0.15) is 11.9 Å². The van der Waals surface area contributed by atoms with Crippen LogP contribution in [0.1, 0.15) is 59.3 Å². The van der Waals surface area contributed by atoms with Crippen LogP contribution in [0.15, 0.2) is 0 Å². The summed E-state index contributed by atoms with van der Waals surface area (Å²) in [4.78, 5) is 23.5. The lowest BCUT2D eigenvalue weighted by Gasteiger charge is -2.27. The van der Waals surface area contributed by atoms with Crippen LogP contribution < -0.4 is 10.6 Å². The lowest BCUT2D eigenvalue weighted by Crippen LogP contribution is -2.46. The van der Waals surface area contributed by atoms with Gasteiger partial charge in [0.15, 0.2) is 9.84 Å². The Hall–Kier alpha value is -1.63. The largest absolute Gasteiger partial charge is 0.396 e. The molecule has 0 aromatic rings. The first-order valence-corrected chi connectivity index (χ1v) is 11.9. The molecule has 0 aromatic heterocycles. The molecule has 0 bridgehead atoms. The van der Waals surface area contributed by atoms with E-state index in [1.54, 1.807) is 13.8 Å². The van der Waals surface area contributed by atoms with E-state index in [2.05, 4.69) is 29.4 Å². The molecule has 8 nitrogen and oxygen atoms in total. The maximum Gasteiger partial charge on any atom is 0.249 e. The second-order valence-corrected chi connectivity index (χ2v) is 9.88. The van der Waals surface area contributed by atoms with Crippen molar-refractivity contribution in [2.75, 3.05) is 31.2 Å². The quantitative estimate of drug-likeness (QED) is 0.232. The monoisotopic (exact) mass is 432 g/mol. The van der Waals surface area contributed by atoms with Gasteiger partial charge in [-0.2, -0.15) is 0 Å². The Labute approximate surface area is 174 Å². The number of rotatable bonds is 14. The van der Waals surface area contributed by atoms with E-state index in [0.29, 0.717) is 6.42 Å². The number of hydrogen-bond donors (Lipinski definition) is 4. The van der Waals surface area contributed by atoms with Gasteiger partial charge < -0.3 is 20.8 Å². The molecule has 0 aliphatic rings. The Balaban J connectivity index is 4.03. The molecule has 29 heavy (non-hydrogen) atoms. The van der Waals surface area contributed by atoms with E-state index in [9.17, 15) is 23.1 Å². The third kappa shape index (κ3) is 13.3. The third-order valence-electron chi connectivity index (χ3n) is 4.36. The van der Waals surface area contributed by atoms with Gasteiger partial charge in [0.05, 0.1) is 12.4 Å². The standard InChI is InChI=1S/C20H36N2O6S/c1-4-5-6-7-8-9-10-14-29(27,28)15-13-21-17(24)11-12-22-19(26)18(25)20(2,3)16-23/h18,23,25H,4-8,11-16H2,1-3H3,(H,21,24)(H,22,26)/t18-/m0/s1. The fourth-order valence-electron chi connectivity index (χ4n) is 2.23. The Kier molecular flexibility index (Phi) is 13.6. The highest BCUT2D eigenvalue weighted by Gasteiger charge is 2.32. The summed E-state index contributed by atoms with van der Waals surface area (Å²) < 4.78 is 23.8. The molecule has 0 fully saturated rings. The summed E-state index contributed by atoms with van der Waals surface area (Å²) in [5, 5.41) is 23.9. The molecule has 4 N–H and O–H groups in total. The van der Waals surface area contributed by atoms with Crippen LogP contribution in [0.25, 0.3) is 0 Å². The molecule has 2 amide bonds. The van der Waals surface area contributed by atoms with Crippen molar-refractivity contribution in [1.29, 1.82) is 0 Å². The molecule has 0 unspecified atom stereocenters. The Morgan fingerprint density at radius 1 is 1.07 bits per heavy atom. The van der Waals surface area contributed by atoms with Crippen molar-refractivity contribution in [3.05, 3.63) is 0 Å². The number of carbonyl (C=O) groups is 2. The van der Waals surface area contributed by atoms with Crippen LogP contribution in [0, 0.1) is 17.3 Å². The third-order valence-corrected chi connectivity index (χ3v) is 5.77. The van der Waals surface area contributed by atoms with Crippen molar-refractivity contribution in [1.82, 2.24) is 10.6 Å². The highest BCUT2D eigenvalue weighted by molar-refractivity contribution is 7.91. The number of unbranched alkanes of at least 4 members (excludes halogenated alkanes) is 4. The first-order chi connectivity index (χ1) is 13.6. The predicted octanol–water partition coefficient (Wildman–Crippen LogP) is 0.377. The van der Waals surface area contributed by atoms with Gasteiger partial charge in [0.25, 0.3) is 0 Å². The molecular weight excluding hydrogens is 396 g/mol. The van der Waals surface area contributed by atoms with Crippen molar-refractivity contribution < 1.29 is 28.2 Å². The van der Waals surface area contributed by atoms with Gasteiger partial charge in [0.2, 0.25) is 11.8 Å². The predicted molar refractivity (Wildman–Crippen MR) is 113 cm³/mol. The highest BCUT2D eigenvalue weighted by atomic mass is 32.2. The van der Waals surface area contributed by atoms with E-state index < -0.39 is 33.2 Å². The molecule has 0 rings (SSSR count). The van der Waals surface area contributed by atoms with Gasteiger partial charge in [-0.25, -0.2) is 8.42 Å². The minimum Gasteiger partial charge on any atom is -0.396 e. The van der Waals surface area contributed by atoms with Crippen LogP contribution in [0.5, 0.6) is 0 Å². The number of aliphatic hydroxyl groups is 2. The van der Waals surface area contributed by atoms with E-state index in [-0.39, 0.29) is 37.6 Å². The molecule has 0 aliphatic carbocycles. The highest BCUT2D eigenvalue weighted by Crippen LogP contribution is 2.19. The average Bonchev–Trinajstić information content (AvgIpc) is 2.66. The van der Waals surface area contributed by atoms with Crippen LogP contribution in [-0.4, -0.2) is 67.8 Å². The van der Waals surface area contributed by atoms with Crippen molar-refractivity contribution >= 4 is 21.7 Å². The van der Waals surface area contributed by atoms with Gasteiger partial charge in [-0.05, 0) is 6.42 Å². The molecule has 0 aliphatic heterocycles. The minimum atomic E-state index is -3.35. The van der Waals surface area contributed by atoms with E-state index in [0.717, 1.165) is 25.7 Å². The number of nitrogens with one attached hydrogen (secondary N) is 2. The molecular formula is C20H36N2O6S. The zero-order valence-corrected chi connectivity index (χ0v) is 18.6. The second kappa shape index (κ2) is 14.4. The number of carbonyl (C=O) groups excluding carboxylic acids is 2. The molecule has 9 heteroatoms. The second-order valence-electron chi connectivity index (χ2n) is 7.70. The topological polar surface area (TPSA) is 133 Å². The number of aliphatic hydroxyl groups excluding tert-OH is 2. The summed E-state index contributed by atoms with van der Waals surface area (Å²) in [6.07, 6.45) is 3.63. The summed E-state index contributed by atoms with van der Waals surface area (Å²) in [7, 11) is -3.35. The summed E-state index contributed by atoms with van der Waals surface area (Å²) in [5.74, 6) is 4.05. The summed E-state index contributed by atoms with van der Waals surface area (Å²) in [6, 6.07) is 0. The Bertz CT molecular complexity index is 664. The van der Waals surface area contributed by atoms with Crippen LogP contribution >= 0.6 is 0 Å². The van der Waals surface area contributed by atoms with Crippen LogP contribution in [-0.2, 0) is 19.4 Å². The Morgan fingerprint density at radius 2 is 1.76 bits per heavy atom.